The number of carbonyl (C=O) groups excluding carboxylic acids is 1. The van der Waals surface area contributed by atoms with Crippen LogP contribution in [0, 0.1) is 5.92 Å². The second-order valence-corrected chi connectivity index (χ2v) is 6.09. The maximum Gasteiger partial charge on any atom is 0.251 e. The molecule has 4 heteroatoms. The zero-order valence-corrected chi connectivity index (χ0v) is 13.5. The molecule has 122 valence electrons. The number of hydrogen-bond acceptors (Lipinski definition) is 3. The van der Waals surface area contributed by atoms with E-state index in [1.165, 1.54) is 12.8 Å². The lowest BCUT2D eigenvalue weighted by Crippen LogP contribution is -2.39. The lowest BCUT2D eigenvalue weighted by atomic mass is 10.0. The van der Waals surface area contributed by atoms with Gasteiger partial charge in [0.15, 0.2) is 0 Å². The van der Waals surface area contributed by atoms with Gasteiger partial charge < -0.3 is 15.8 Å². The van der Waals surface area contributed by atoms with Crippen LogP contribution in [-0.4, -0.2) is 25.1 Å². The highest BCUT2D eigenvalue weighted by Gasteiger charge is 2.27. The summed E-state index contributed by atoms with van der Waals surface area (Å²) in [6, 6.07) is 7.63. The van der Waals surface area contributed by atoms with Gasteiger partial charge in [-0.05, 0) is 56.0 Å². The monoisotopic (exact) mass is 304 g/mol. The van der Waals surface area contributed by atoms with Gasteiger partial charge in [-0.15, -0.1) is 0 Å². The third kappa shape index (κ3) is 4.73. The first-order chi connectivity index (χ1) is 10.7. The van der Waals surface area contributed by atoms with Gasteiger partial charge in [0.05, 0.1) is 6.61 Å². The van der Waals surface area contributed by atoms with Crippen LogP contribution in [0.15, 0.2) is 24.3 Å². The average molecular weight is 304 g/mol. The molecule has 2 rings (SSSR count). The van der Waals surface area contributed by atoms with Gasteiger partial charge in [-0.3, -0.25) is 4.79 Å². The summed E-state index contributed by atoms with van der Waals surface area (Å²) >= 11 is 0. The Morgan fingerprint density at radius 1 is 1.27 bits per heavy atom. The van der Waals surface area contributed by atoms with E-state index >= 15 is 0 Å². The predicted molar refractivity (Wildman–Crippen MR) is 89.1 cm³/mol. The van der Waals surface area contributed by atoms with E-state index in [0.717, 1.165) is 38.0 Å². The molecular weight excluding hydrogens is 276 g/mol. The summed E-state index contributed by atoms with van der Waals surface area (Å²) in [4.78, 5) is 12.3. The summed E-state index contributed by atoms with van der Waals surface area (Å²) in [7, 11) is 0. The molecule has 0 aromatic heterocycles. The lowest BCUT2D eigenvalue weighted by molar-refractivity contribution is 0.0928. The number of unbranched alkanes of at least 4 members (excludes halogenated alkanes) is 2. The van der Waals surface area contributed by atoms with Crippen molar-refractivity contribution in [3.63, 3.8) is 0 Å². The summed E-state index contributed by atoms with van der Waals surface area (Å²) in [5.74, 6) is 1.24. The van der Waals surface area contributed by atoms with Crippen LogP contribution in [-0.2, 0) is 0 Å². The number of ether oxygens (including phenoxy) is 1. The molecule has 0 radical (unpaired) electrons. The number of carbonyl (C=O) groups is 1. The quantitative estimate of drug-likeness (QED) is 0.725. The van der Waals surface area contributed by atoms with Crippen molar-refractivity contribution in [3.8, 4) is 5.75 Å². The maximum atomic E-state index is 12.3. The minimum atomic E-state index is -0.0112. The standard InChI is InChI=1S/C18H28N2O2/c1-2-3-4-12-22-16-10-8-14(9-11-16)18(21)20-17-7-5-6-15(17)13-19/h8-11,15,17H,2-7,12-13,19H2,1H3,(H,20,21). The van der Waals surface area contributed by atoms with Gasteiger partial charge in [-0.1, -0.05) is 26.2 Å². The van der Waals surface area contributed by atoms with E-state index < -0.39 is 0 Å². The molecule has 2 unspecified atom stereocenters. The summed E-state index contributed by atoms with van der Waals surface area (Å²) in [5, 5.41) is 3.12. The normalized spacial score (nSPS) is 20.8. The van der Waals surface area contributed by atoms with Crippen LogP contribution < -0.4 is 15.8 Å². The van der Waals surface area contributed by atoms with E-state index in [9.17, 15) is 4.79 Å². The minimum absolute atomic E-state index is 0.0112. The van der Waals surface area contributed by atoms with Crippen LogP contribution in [0.1, 0.15) is 55.8 Å². The first-order valence-corrected chi connectivity index (χ1v) is 8.48. The molecule has 1 aromatic carbocycles. The van der Waals surface area contributed by atoms with Gasteiger partial charge in [0.2, 0.25) is 0 Å². The number of hydrogen-bond donors (Lipinski definition) is 2. The molecule has 1 fully saturated rings. The van der Waals surface area contributed by atoms with E-state index in [1.807, 2.05) is 24.3 Å². The van der Waals surface area contributed by atoms with Crippen molar-refractivity contribution in [3.05, 3.63) is 29.8 Å². The Bertz CT molecular complexity index is 459. The third-order valence-corrected chi connectivity index (χ3v) is 4.41. The summed E-state index contributed by atoms with van der Waals surface area (Å²) in [6.07, 6.45) is 6.74. The molecule has 0 bridgehead atoms. The Labute approximate surface area is 133 Å². The van der Waals surface area contributed by atoms with Crippen molar-refractivity contribution < 1.29 is 9.53 Å². The Hall–Kier alpha value is -1.55. The zero-order chi connectivity index (χ0) is 15.8. The molecule has 0 aliphatic heterocycles. The van der Waals surface area contributed by atoms with Crippen molar-refractivity contribution >= 4 is 5.91 Å². The molecule has 0 heterocycles. The zero-order valence-electron chi connectivity index (χ0n) is 13.5. The van der Waals surface area contributed by atoms with Crippen LogP contribution in [0.25, 0.3) is 0 Å². The van der Waals surface area contributed by atoms with E-state index in [4.69, 9.17) is 10.5 Å². The molecule has 4 nitrogen and oxygen atoms in total. The number of nitrogens with two attached hydrogens (primary N) is 1. The highest BCUT2D eigenvalue weighted by molar-refractivity contribution is 5.94. The van der Waals surface area contributed by atoms with Crippen molar-refractivity contribution in [2.45, 2.75) is 51.5 Å². The van der Waals surface area contributed by atoms with Gasteiger partial charge in [-0.25, -0.2) is 0 Å². The highest BCUT2D eigenvalue weighted by atomic mass is 16.5. The smallest absolute Gasteiger partial charge is 0.251 e. The summed E-state index contributed by atoms with van der Waals surface area (Å²) in [6.45, 7) is 3.56. The fourth-order valence-corrected chi connectivity index (χ4v) is 3.01. The minimum Gasteiger partial charge on any atom is -0.494 e. The molecule has 1 saturated carbocycles. The van der Waals surface area contributed by atoms with E-state index in [2.05, 4.69) is 12.2 Å². The topological polar surface area (TPSA) is 64.3 Å². The van der Waals surface area contributed by atoms with Crippen molar-refractivity contribution in [1.82, 2.24) is 5.32 Å². The molecule has 3 N–H and O–H groups in total. The molecule has 1 aromatic rings. The fourth-order valence-electron chi connectivity index (χ4n) is 3.01. The SMILES string of the molecule is CCCCCOc1ccc(C(=O)NC2CCCC2CN)cc1. The summed E-state index contributed by atoms with van der Waals surface area (Å²) < 4.78 is 5.66. The van der Waals surface area contributed by atoms with Gasteiger partial charge in [0, 0.05) is 11.6 Å². The molecule has 1 amide bonds. The molecule has 22 heavy (non-hydrogen) atoms. The van der Waals surface area contributed by atoms with Gasteiger partial charge in [0.1, 0.15) is 5.75 Å². The lowest BCUT2D eigenvalue weighted by Gasteiger charge is -2.19. The second kappa shape index (κ2) is 8.79. The first-order valence-electron chi connectivity index (χ1n) is 8.48. The predicted octanol–water partition coefficient (Wildman–Crippen LogP) is 3.11. The Morgan fingerprint density at radius 3 is 2.73 bits per heavy atom. The van der Waals surface area contributed by atoms with Crippen LogP contribution in [0.2, 0.25) is 0 Å². The Morgan fingerprint density at radius 2 is 2.05 bits per heavy atom. The summed E-state index contributed by atoms with van der Waals surface area (Å²) in [5.41, 5.74) is 6.44. The number of benzene rings is 1. The number of nitrogens with one attached hydrogen (secondary N) is 1. The maximum absolute atomic E-state index is 12.3. The molecule has 2 atom stereocenters. The average Bonchev–Trinajstić information content (AvgIpc) is 2.99. The van der Waals surface area contributed by atoms with Crippen LogP contribution in [0.3, 0.4) is 0 Å². The fraction of sp³-hybridized carbons (Fsp3) is 0.611. The van der Waals surface area contributed by atoms with E-state index in [0.29, 0.717) is 18.0 Å². The van der Waals surface area contributed by atoms with Crippen molar-refractivity contribution in [2.75, 3.05) is 13.2 Å². The van der Waals surface area contributed by atoms with Crippen molar-refractivity contribution in [2.24, 2.45) is 11.7 Å². The first kappa shape index (κ1) is 16.8. The van der Waals surface area contributed by atoms with Gasteiger partial charge >= 0.3 is 0 Å². The van der Waals surface area contributed by atoms with Crippen LogP contribution >= 0.6 is 0 Å². The van der Waals surface area contributed by atoms with E-state index in [-0.39, 0.29) is 11.9 Å². The molecule has 0 saturated heterocycles. The van der Waals surface area contributed by atoms with Crippen LogP contribution in [0.5, 0.6) is 5.75 Å². The van der Waals surface area contributed by atoms with E-state index in [1.54, 1.807) is 0 Å². The Balaban J connectivity index is 1.83. The van der Waals surface area contributed by atoms with Gasteiger partial charge in [-0.2, -0.15) is 0 Å². The second-order valence-electron chi connectivity index (χ2n) is 6.09. The van der Waals surface area contributed by atoms with Gasteiger partial charge in [0.25, 0.3) is 5.91 Å². The van der Waals surface area contributed by atoms with Crippen molar-refractivity contribution in [1.29, 1.82) is 0 Å². The molecular formula is C18H28N2O2. The van der Waals surface area contributed by atoms with Crippen LogP contribution in [0.4, 0.5) is 0 Å². The molecule has 0 spiro atoms. The molecule has 1 aliphatic rings. The third-order valence-electron chi connectivity index (χ3n) is 4.41. The molecule has 1 aliphatic carbocycles. The highest BCUT2D eigenvalue weighted by Crippen LogP contribution is 2.25. The number of amides is 1. The Kier molecular flexibility index (Phi) is 6.72. The number of rotatable bonds is 8. The largest absolute Gasteiger partial charge is 0.494 e.